The van der Waals surface area contributed by atoms with Crippen LogP contribution in [0.15, 0.2) is 24.0 Å². The third kappa shape index (κ3) is 3.61. The number of hydrogen-bond acceptors (Lipinski definition) is 2. The number of rotatable bonds is 3. The summed E-state index contributed by atoms with van der Waals surface area (Å²) in [6, 6.07) is 0. The largest absolute Gasteiger partial charge is 0.353 e. The number of carbonyl (C=O) groups is 1. The van der Waals surface area contributed by atoms with Crippen molar-refractivity contribution in [2.45, 2.75) is 20.8 Å². The third-order valence-corrected chi connectivity index (χ3v) is 1.51. The highest BCUT2D eigenvalue weighted by Gasteiger charge is 1.98. The number of hydrogen-bond donors (Lipinski definition) is 0. The molecule has 0 saturated heterocycles. The molecule has 0 atom stereocenters. The van der Waals surface area contributed by atoms with Gasteiger partial charge in [0, 0.05) is 18.4 Å². The minimum Gasteiger partial charge on any atom is -0.353 e. The van der Waals surface area contributed by atoms with Crippen molar-refractivity contribution in [3.63, 3.8) is 0 Å². The summed E-state index contributed by atoms with van der Waals surface area (Å²) >= 11 is 0. The van der Waals surface area contributed by atoms with Gasteiger partial charge in [-0.15, -0.1) is 0 Å². The minimum absolute atomic E-state index is 0.0654. The average molecular weight is 153 g/mol. The molecule has 0 aliphatic heterocycles. The van der Waals surface area contributed by atoms with Gasteiger partial charge in [-0.05, 0) is 26.8 Å². The smallest absolute Gasteiger partial charge is 0.154 e. The first kappa shape index (κ1) is 9.95. The first-order chi connectivity index (χ1) is 4.95. The molecule has 0 aromatic heterocycles. The fourth-order valence-electron chi connectivity index (χ4n) is 0.692. The van der Waals surface area contributed by atoms with Crippen molar-refractivity contribution < 1.29 is 4.79 Å². The monoisotopic (exact) mass is 153 g/mol. The van der Waals surface area contributed by atoms with E-state index in [1.807, 2.05) is 25.8 Å². The van der Waals surface area contributed by atoms with Crippen LogP contribution in [0.3, 0.4) is 0 Å². The van der Waals surface area contributed by atoms with E-state index in [1.54, 1.807) is 6.08 Å². The highest BCUT2D eigenvalue weighted by Crippen LogP contribution is 2.06. The lowest BCUT2D eigenvalue weighted by molar-refractivity contribution is -0.112. The van der Waals surface area contributed by atoms with Crippen LogP contribution in [-0.2, 0) is 4.79 Å². The van der Waals surface area contributed by atoms with Gasteiger partial charge in [0.1, 0.15) is 0 Å². The third-order valence-electron chi connectivity index (χ3n) is 1.51. The fourth-order valence-corrected chi connectivity index (χ4v) is 0.692. The Labute approximate surface area is 68.2 Å². The molecule has 0 rings (SSSR count). The Morgan fingerprint density at radius 2 is 1.82 bits per heavy atom. The predicted octanol–water partition coefficient (Wildman–Crippen LogP) is 1.94. The lowest BCUT2D eigenvalue weighted by Gasteiger charge is -2.18. The Bertz CT molecular complexity index is 204. The van der Waals surface area contributed by atoms with Crippen LogP contribution in [0.4, 0.5) is 0 Å². The van der Waals surface area contributed by atoms with E-state index in [4.69, 9.17) is 0 Å². The topological polar surface area (TPSA) is 20.3 Å². The molecule has 2 heteroatoms. The van der Waals surface area contributed by atoms with Crippen molar-refractivity contribution in [1.29, 1.82) is 0 Å². The van der Waals surface area contributed by atoms with Gasteiger partial charge in [-0.3, -0.25) is 4.79 Å². The summed E-state index contributed by atoms with van der Waals surface area (Å²) in [5.41, 5.74) is 1.85. The molecule has 0 bridgehead atoms. The molecular weight excluding hydrogens is 138 g/mol. The molecule has 0 spiro atoms. The molecule has 0 radical (unpaired) electrons. The van der Waals surface area contributed by atoms with Crippen molar-refractivity contribution in [3.8, 4) is 0 Å². The Morgan fingerprint density at radius 1 is 1.36 bits per heavy atom. The summed E-state index contributed by atoms with van der Waals surface area (Å²) in [7, 11) is 1.89. The molecule has 2 nitrogen and oxygen atoms in total. The number of carbonyl (C=O) groups excluding carboxylic acids is 1. The van der Waals surface area contributed by atoms with Crippen LogP contribution in [0.5, 0.6) is 0 Å². The molecule has 0 heterocycles. The second-order valence-electron chi connectivity index (χ2n) is 2.69. The molecule has 0 fully saturated rings. The summed E-state index contributed by atoms with van der Waals surface area (Å²) in [5.74, 6) is 0.0654. The molecule has 0 aromatic carbocycles. The van der Waals surface area contributed by atoms with Gasteiger partial charge in [0.05, 0.1) is 0 Å². The lowest BCUT2D eigenvalue weighted by atomic mass is 10.3. The van der Waals surface area contributed by atoms with Crippen molar-refractivity contribution in [2.24, 2.45) is 0 Å². The molecule has 0 amide bonds. The molecule has 0 aromatic rings. The van der Waals surface area contributed by atoms with Gasteiger partial charge in [0.15, 0.2) is 5.78 Å². The Kier molecular flexibility index (Phi) is 3.58. The van der Waals surface area contributed by atoms with Crippen LogP contribution in [0.2, 0.25) is 0 Å². The maximum absolute atomic E-state index is 10.6. The zero-order valence-electron chi connectivity index (χ0n) is 7.64. The lowest BCUT2D eigenvalue weighted by Crippen LogP contribution is -2.13. The van der Waals surface area contributed by atoms with Gasteiger partial charge < -0.3 is 4.90 Å². The van der Waals surface area contributed by atoms with Crippen LogP contribution in [0.1, 0.15) is 20.8 Å². The van der Waals surface area contributed by atoms with Crippen LogP contribution < -0.4 is 0 Å². The zero-order valence-corrected chi connectivity index (χ0v) is 7.64. The highest BCUT2D eigenvalue weighted by molar-refractivity contribution is 5.87. The molecule has 0 unspecified atom stereocenters. The van der Waals surface area contributed by atoms with E-state index in [1.165, 1.54) is 6.92 Å². The van der Waals surface area contributed by atoms with E-state index < -0.39 is 0 Å². The van der Waals surface area contributed by atoms with Gasteiger partial charge in [0.25, 0.3) is 0 Å². The quantitative estimate of drug-likeness (QED) is 0.577. The first-order valence-electron chi connectivity index (χ1n) is 3.53. The van der Waals surface area contributed by atoms with Crippen LogP contribution in [0.25, 0.3) is 0 Å². The summed E-state index contributed by atoms with van der Waals surface area (Å²) in [4.78, 5) is 12.5. The summed E-state index contributed by atoms with van der Waals surface area (Å²) in [5, 5.41) is 0. The van der Waals surface area contributed by atoms with Crippen molar-refractivity contribution in [1.82, 2.24) is 4.90 Å². The van der Waals surface area contributed by atoms with Gasteiger partial charge >= 0.3 is 0 Å². The Morgan fingerprint density at radius 3 is 2.09 bits per heavy atom. The first-order valence-corrected chi connectivity index (χ1v) is 3.53. The normalized spacial score (nSPS) is 11.1. The molecule has 0 aliphatic rings. The molecule has 62 valence electrons. The van der Waals surface area contributed by atoms with Crippen LogP contribution in [-0.4, -0.2) is 17.7 Å². The van der Waals surface area contributed by atoms with Crippen molar-refractivity contribution in [3.05, 3.63) is 24.0 Å². The second-order valence-corrected chi connectivity index (χ2v) is 2.69. The Balaban J connectivity index is 4.35. The number of ketones is 1. The number of allylic oxidation sites excluding steroid dienone is 3. The standard InChI is InChI=1S/C9H15NO/c1-7(2)10(5)8(3)6-9(4)11/h6H,1H2,2-5H3/b8-6+. The van der Waals surface area contributed by atoms with Crippen LogP contribution >= 0.6 is 0 Å². The van der Waals surface area contributed by atoms with Crippen molar-refractivity contribution in [2.75, 3.05) is 7.05 Å². The predicted molar refractivity (Wildman–Crippen MR) is 47.0 cm³/mol. The molecule has 0 saturated carbocycles. The summed E-state index contributed by atoms with van der Waals surface area (Å²) in [6.45, 7) is 9.08. The molecule has 0 N–H and O–H groups in total. The van der Waals surface area contributed by atoms with Gasteiger partial charge in [0.2, 0.25) is 0 Å². The molecule has 11 heavy (non-hydrogen) atoms. The van der Waals surface area contributed by atoms with E-state index in [0.29, 0.717) is 0 Å². The number of nitrogens with zero attached hydrogens (tertiary/aromatic N) is 1. The Hall–Kier alpha value is -1.05. The zero-order chi connectivity index (χ0) is 9.02. The second kappa shape index (κ2) is 3.96. The van der Waals surface area contributed by atoms with Gasteiger partial charge in [-0.25, -0.2) is 0 Å². The van der Waals surface area contributed by atoms with Gasteiger partial charge in [-0.2, -0.15) is 0 Å². The molecule has 0 aliphatic carbocycles. The van der Waals surface area contributed by atoms with Gasteiger partial charge in [-0.1, -0.05) is 6.58 Å². The van der Waals surface area contributed by atoms with E-state index in [9.17, 15) is 4.79 Å². The van der Waals surface area contributed by atoms with E-state index >= 15 is 0 Å². The molecular formula is C9H15NO. The minimum atomic E-state index is 0.0654. The summed E-state index contributed by atoms with van der Waals surface area (Å²) < 4.78 is 0. The maximum Gasteiger partial charge on any atom is 0.154 e. The van der Waals surface area contributed by atoms with Crippen LogP contribution in [0, 0.1) is 0 Å². The van der Waals surface area contributed by atoms with E-state index in [2.05, 4.69) is 6.58 Å². The summed E-state index contributed by atoms with van der Waals surface area (Å²) in [6.07, 6.45) is 1.59. The highest BCUT2D eigenvalue weighted by atomic mass is 16.1. The van der Waals surface area contributed by atoms with Crippen molar-refractivity contribution >= 4 is 5.78 Å². The SMILES string of the molecule is C=C(C)N(C)/C(C)=C/C(C)=O. The van der Waals surface area contributed by atoms with E-state index in [0.717, 1.165) is 11.4 Å². The maximum atomic E-state index is 10.6. The fraction of sp³-hybridized carbons (Fsp3) is 0.444. The average Bonchev–Trinajstić information content (AvgIpc) is 1.84. The van der Waals surface area contributed by atoms with E-state index in [-0.39, 0.29) is 5.78 Å².